The van der Waals surface area contributed by atoms with Crippen LogP contribution in [0, 0.1) is 6.92 Å². The third-order valence-electron chi connectivity index (χ3n) is 2.54. The molecule has 0 saturated carbocycles. The summed E-state index contributed by atoms with van der Waals surface area (Å²) >= 11 is 0. The van der Waals surface area contributed by atoms with Gasteiger partial charge < -0.3 is 10.4 Å². The maximum absolute atomic E-state index is 11.8. The van der Waals surface area contributed by atoms with Crippen LogP contribution in [0.4, 0.5) is 0 Å². The Morgan fingerprint density at radius 1 is 1.44 bits per heavy atom. The van der Waals surface area contributed by atoms with E-state index in [0.717, 1.165) is 5.56 Å². The van der Waals surface area contributed by atoms with Crippen molar-refractivity contribution in [2.45, 2.75) is 13.5 Å². The third kappa shape index (κ3) is 2.88. The minimum Gasteiger partial charge on any atom is -0.507 e. The molecule has 0 atom stereocenters. The second kappa shape index (κ2) is 5.35. The molecule has 0 spiro atoms. The van der Waals surface area contributed by atoms with Crippen molar-refractivity contribution in [3.8, 4) is 5.75 Å². The standard InChI is InChI=1S/C13H15N3O2/c1-10-8-15-16(9-10)7-6-14-13(18)11-4-2-3-5-12(11)17/h2-5,8-9,17H,6-7H2,1H3,(H,14,18). The Morgan fingerprint density at radius 3 is 2.89 bits per heavy atom. The SMILES string of the molecule is Cc1cnn(CCNC(=O)c2ccccc2O)c1. The quantitative estimate of drug-likeness (QED) is 0.853. The zero-order valence-corrected chi connectivity index (χ0v) is 10.1. The molecule has 2 rings (SSSR count). The molecular weight excluding hydrogens is 230 g/mol. The van der Waals surface area contributed by atoms with Gasteiger partial charge in [0.05, 0.1) is 18.3 Å². The number of hydrogen-bond donors (Lipinski definition) is 2. The molecule has 1 aromatic carbocycles. The van der Waals surface area contributed by atoms with E-state index in [1.165, 1.54) is 6.07 Å². The van der Waals surface area contributed by atoms with E-state index < -0.39 is 0 Å². The molecule has 18 heavy (non-hydrogen) atoms. The van der Waals surface area contributed by atoms with E-state index in [-0.39, 0.29) is 17.2 Å². The highest BCUT2D eigenvalue weighted by molar-refractivity contribution is 5.96. The Hall–Kier alpha value is -2.30. The predicted octanol–water partition coefficient (Wildman–Crippen LogP) is 1.33. The summed E-state index contributed by atoms with van der Waals surface area (Å²) in [6, 6.07) is 6.47. The number of nitrogens with one attached hydrogen (secondary N) is 1. The number of carbonyl (C=O) groups is 1. The van der Waals surface area contributed by atoms with Crippen LogP contribution in [0.5, 0.6) is 5.75 Å². The van der Waals surface area contributed by atoms with E-state index in [4.69, 9.17) is 0 Å². The molecule has 0 unspecified atom stereocenters. The molecule has 1 amide bonds. The first-order chi connectivity index (χ1) is 8.66. The van der Waals surface area contributed by atoms with Crippen LogP contribution < -0.4 is 5.32 Å². The van der Waals surface area contributed by atoms with Gasteiger partial charge >= 0.3 is 0 Å². The van der Waals surface area contributed by atoms with Gasteiger partial charge in [-0.15, -0.1) is 0 Å². The number of carbonyl (C=O) groups excluding carboxylic acids is 1. The van der Waals surface area contributed by atoms with Gasteiger partial charge in [-0.25, -0.2) is 0 Å². The van der Waals surface area contributed by atoms with E-state index in [2.05, 4.69) is 10.4 Å². The van der Waals surface area contributed by atoms with Gasteiger partial charge in [0.2, 0.25) is 0 Å². The summed E-state index contributed by atoms with van der Waals surface area (Å²) in [4.78, 5) is 11.8. The van der Waals surface area contributed by atoms with Gasteiger partial charge in [0.15, 0.2) is 0 Å². The molecular formula is C13H15N3O2. The number of aromatic hydroxyl groups is 1. The van der Waals surface area contributed by atoms with Gasteiger partial charge in [-0.05, 0) is 24.6 Å². The van der Waals surface area contributed by atoms with Crippen LogP contribution in [0.3, 0.4) is 0 Å². The minimum atomic E-state index is -0.281. The summed E-state index contributed by atoms with van der Waals surface area (Å²) in [6.07, 6.45) is 3.68. The molecule has 0 bridgehead atoms. The number of para-hydroxylation sites is 1. The highest BCUT2D eigenvalue weighted by Gasteiger charge is 2.08. The van der Waals surface area contributed by atoms with Crippen LogP contribution in [0.1, 0.15) is 15.9 Å². The van der Waals surface area contributed by atoms with Crippen molar-refractivity contribution in [3.05, 3.63) is 47.8 Å². The van der Waals surface area contributed by atoms with Gasteiger partial charge in [-0.2, -0.15) is 5.10 Å². The number of amides is 1. The molecule has 1 heterocycles. The zero-order valence-electron chi connectivity index (χ0n) is 10.1. The van der Waals surface area contributed by atoms with Gasteiger partial charge in [0.25, 0.3) is 5.91 Å². The lowest BCUT2D eigenvalue weighted by Crippen LogP contribution is -2.27. The number of benzene rings is 1. The Balaban J connectivity index is 1.87. The normalized spacial score (nSPS) is 10.3. The van der Waals surface area contributed by atoms with Gasteiger partial charge in [-0.1, -0.05) is 12.1 Å². The lowest BCUT2D eigenvalue weighted by Gasteiger charge is -2.06. The number of hydrogen-bond acceptors (Lipinski definition) is 3. The molecule has 0 aliphatic carbocycles. The average molecular weight is 245 g/mol. The average Bonchev–Trinajstić information content (AvgIpc) is 2.75. The molecule has 0 aliphatic rings. The molecule has 1 aromatic heterocycles. The first-order valence-corrected chi connectivity index (χ1v) is 5.72. The topological polar surface area (TPSA) is 67.2 Å². The van der Waals surface area contributed by atoms with Crippen molar-refractivity contribution >= 4 is 5.91 Å². The number of phenolic OH excluding ortho intramolecular Hbond substituents is 1. The molecule has 5 nitrogen and oxygen atoms in total. The number of nitrogens with zero attached hydrogens (tertiary/aromatic N) is 2. The van der Waals surface area contributed by atoms with Gasteiger partial charge in [-0.3, -0.25) is 9.48 Å². The van der Waals surface area contributed by atoms with E-state index in [0.29, 0.717) is 13.1 Å². The van der Waals surface area contributed by atoms with Crippen LogP contribution in [-0.2, 0) is 6.54 Å². The molecule has 0 saturated heterocycles. The maximum Gasteiger partial charge on any atom is 0.255 e. The fraction of sp³-hybridized carbons (Fsp3) is 0.231. The first-order valence-electron chi connectivity index (χ1n) is 5.72. The Kier molecular flexibility index (Phi) is 3.62. The summed E-state index contributed by atoms with van der Waals surface area (Å²) in [7, 11) is 0. The summed E-state index contributed by atoms with van der Waals surface area (Å²) in [6.45, 7) is 3.03. The Labute approximate surface area is 105 Å². The highest BCUT2D eigenvalue weighted by atomic mass is 16.3. The van der Waals surface area contributed by atoms with Crippen molar-refractivity contribution in [2.24, 2.45) is 0 Å². The van der Waals surface area contributed by atoms with E-state index in [9.17, 15) is 9.90 Å². The number of aromatic nitrogens is 2. The van der Waals surface area contributed by atoms with E-state index in [1.54, 1.807) is 29.1 Å². The summed E-state index contributed by atoms with van der Waals surface area (Å²) < 4.78 is 1.76. The van der Waals surface area contributed by atoms with Crippen molar-refractivity contribution in [1.82, 2.24) is 15.1 Å². The second-order valence-electron chi connectivity index (χ2n) is 4.05. The van der Waals surface area contributed by atoms with Crippen molar-refractivity contribution < 1.29 is 9.90 Å². The van der Waals surface area contributed by atoms with Crippen LogP contribution in [0.2, 0.25) is 0 Å². The summed E-state index contributed by atoms with van der Waals surface area (Å²) in [5.74, 6) is -0.290. The van der Waals surface area contributed by atoms with E-state index >= 15 is 0 Å². The highest BCUT2D eigenvalue weighted by Crippen LogP contribution is 2.14. The molecule has 0 radical (unpaired) electrons. The van der Waals surface area contributed by atoms with Crippen molar-refractivity contribution in [3.63, 3.8) is 0 Å². The van der Waals surface area contributed by atoms with Crippen LogP contribution in [0.15, 0.2) is 36.7 Å². The number of aryl methyl sites for hydroxylation is 1. The summed E-state index contributed by atoms with van der Waals surface area (Å²) in [5, 5.41) is 16.4. The monoisotopic (exact) mass is 245 g/mol. The molecule has 2 N–H and O–H groups in total. The smallest absolute Gasteiger partial charge is 0.255 e. The number of phenols is 1. The fourth-order valence-electron chi connectivity index (χ4n) is 1.63. The van der Waals surface area contributed by atoms with E-state index in [1.807, 2.05) is 13.1 Å². The van der Waals surface area contributed by atoms with Crippen LogP contribution >= 0.6 is 0 Å². The number of rotatable bonds is 4. The molecule has 94 valence electrons. The second-order valence-corrected chi connectivity index (χ2v) is 4.05. The largest absolute Gasteiger partial charge is 0.507 e. The molecule has 0 fully saturated rings. The van der Waals surface area contributed by atoms with Crippen molar-refractivity contribution in [2.75, 3.05) is 6.54 Å². The van der Waals surface area contributed by atoms with Gasteiger partial charge in [0, 0.05) is 12.7 Å². The lowest BCUT2D eigenvalue weighted by atomic mass is 10.2. The Morgan fingerprint density at radius 2 is 2.22 bits per heavy atom. The fourth-order valence-corrected chi connectivity index (χ4v) is 1.63. The Bertz CT molecular complexity index is 549. The first kappa shape index (κ1) is 12.2. The molecule has 2 aromatic rings. The predicted molar refractivity (Wildman–Crippen MR) is 67.4 cm³/mol. The van der Waals surface area contributed by atoms with Crippen LogP contribution in [0.25, 0.3) is 0 Å². The van der Waals surface area contributed by atoms with Crippen LogP contribution in [-0.4, -0.2) is 27.3 Å². The van der Waals surface area contributed by atoms with Crippen molar-refractivity contribution in [1.29, 1.82) is 0 Å². The molecule has 5 heteroatoms. The minimum absolute atomic E-state index is 0.00932. The maximum atomic E-state index is 11.8. The zero-order chi connectivity index (χ0) is 13.0. The lowest BCUT2D eigenvalue weighted by molar-refractivity contribution is 0.0949. The molecule has 0 aliphatic heterocycles. The summed E-state index contributed by atoms with van der Waals surface area (Å²) in [5.41, 5.74) is 1.37. The third-order valence-corrected chi connectivity index (χ3v) is 2.54. The van der Waals surface area contributed by atoms with Gasteiger partial charge in [0.1, 0.15) is 5.75 Å².